The highest BCUT2D eigenvalue weighted by atomic mass is 32.2. The van der Waals surface area contributed by atoms with Gasteiger partial charge in [-0.1, -0.05) is 12.1 Å². The van der Waals surface area contributed by atoms with Crippen molar-refractivity contribution in [3.8, 4) is 0 Å². The van der Waals surface area contributed by atoms with Crippen LogP contribution in [0.4, 0.5) is 5.69 Å². The van der Waals surface area contributed by atoms with Crippen molar-refractivity contribution in [2.75, 3.05) is 6.61 Å². The number of aromatic nitrogens is 2. The zero-order valence-electron chi connectivity index (χ0n) is 13.8. The third kappa shape index (κ3) is 2.88. The standard InChI is InChI=1S/C18H14N4O3S/c1-2-25-17(24)11-7-9-12(10-8-11)20-21-15-16(23)22-14-6-4-3-5-13(14)19-18(22)26-15/h3-10,15H,2H2,1H3. The number of esters is 1. The van der Waals surface area contributed by atoms with Gasteiger partial charge in [-0.05, 0) is 55.1 Å². The molecule has 0 aliphatic carbocycles. The van der Waals surface area contributed by atoms with Gasteiger partial charge < -0.3 is 4.74 Å². The number of para-hydroxylation sites is 2. The summed E-state index contributed by atoms with van der Waals surface area (Å²) in [4.78, 5) is 28.7. The van der Waals surface area contributed by atoms with Crippen LogP contribution in [0.25, 0.3) is 11.0 Å². The predicted octanol–water partition coefficient (Wildman–Crippen LogP) is 4.07. The molecule has 1 aliphatic rings. The molecule has 0 spiro atoms. The van der Waals surface area contributed by atoms with Crippen LogP contribution < -0.4 is 0 Å². The van der Waals surface area contributed by atoms with E-state index in [1.54, 1.807) is 35.8 Å². The van der Waals surface area contributed by atoms with Gasteiger partial charge >= 0.3 is 5.97 Å². The average molecular weight is 366 g/mol. The molecule has 0 radical (unpaired) electrons. The normalized spacial score (nSPS) is 16.3. The summed E-state index contributed by atoms with van der Waals surface area (Å²) in [5, 5.41) is 8.22. The summed E-state index contributed by atoms with van der Waals surface area (Å²) in [5.41, 5.74) is 2.56. The van der Waals surface area contributed by atoms with Gasteiger partial charge in [0.15, 0.2) is 5.16 Å². The molecule has 1 unspecified atom stereocenters. The molecule has 2 aromatic carbocycles. The second-order valence-electron chi connectivity index (χ2n) is 5.51. The number of hydrogen-bond acceptors (Lipinski definition) is 7. The van der Waals surface area contributed by atoms with E-state index in [0.29, 0.717) is 23.0 Å². The molecule has 0 saturated carbocycles. The first-order valence-corrected chi connectivity index (χ1v) is 8.91. The second kappa shape index (κ2) is 6.72. The molecule has 1 atom stereocenters. The topological polar surface area (TPSA) is 85.9 Å². The number of rotatable bonds is 4. The number of azo groups is 1. The molecule has 26 heavy (non-hydrogen) atoms. The van der Waals surface area contributed by atoms with E-state index in [2.05, 4.69) is 15.2 Å². The Balaban J connectivity index is 1.51. The van der Waals surface area contributed by atoms with Crippen molar-refractivity contribution >= 4 is 40.4 Å². The molecule has 2 heterocycles. The van der Waals surface area contributed by atoms with Crippen LogP contribution >= 0.6 is 11.8 Å². The molecule has 0 fully saturated rings. The maximum Gasteiger partial charge on any atom is 0.338 e. The van der Waals surface area contributed by atoms with Crippen LogP contribution in [0.1, 0.15) is 22.1 Å². The summed E-state index contributed by atoms with van der Waals surface area (Å²) < 4.78 is 6.51. The largest absolute Gasteiger partial charge is 0.462 e. The number of carbonyl (C=O) groups is 2. The minimum absolute atomic E-state index is 0.161. The van der Waals surface area contributed by atoms with Crippen LogP contribution in [-0.2, 0) is 4.74 Å². The molecule has 0 N–H and O–H groups in total. The Bertz CT molecular complexity index is 1030. The van der Waals surface area contributed by atoms with E-state index in [9.17, 15) is 9.59 Å². The van der Waals surface area contributed by atoms with Crippen molar-refractivity contribution < 1.29 is 14.3 Å². The fourth-order valence-electron chi connectivity index (χ4n) is 2.63. The molecule has 130 valence electrons. The van der Waals surface area contributed by atoms with Gasteiger partial charge in [-0.25, -0.2) is 9.78 Å². The summed E-state index contributed by atoms with van der Waals surface area (Å²) in [7, 11) is 0. The lowest BCUT2D eigenvalue weighted by Crippen LogP contribution is -2.14. The van der Waals surface area contributed by atoms with E-state index in [1.807, 2.05) is 24.3 Å². The highest BCUT2D eigenvalue weighted by molar-refractivity contribution is 8.00. The Morgan fingerprint density at radius 2 is 2.00 bits per heavy atom. The number of carbonyl (C=O) groups excluding carboxylic acids is 2. The molecule has 1 aliphatic heterocycles. The fraction of sp³-hybridized carbons (Fsp3) is 0.167. The summed E-state index contributed by atoms with van der Waals surface area (Å²) in [6, 6.07) is 14.0. The van der Waals surface area contributed by atoms with E-state index in [0.717, 1.165) is 11.0 Å². The molecule has 4 rings (SSSR count). The maximum absolute atomic E-state index is 12.6. The van der Waals surface area contributed by atoms with Crippen molar-refractivity contribution in [1.82, 2.24) is 9.55 Å². The Labute approximate surface area is 153 Å². The number of ether oxygens (including phenoxy) is 1. The number of benzene rings is 2. The van der Waals surface area contributed by atoms with Crippen LogP contribution in [0, 0.1) is 0 Å². The zero-order valence-corrected chi connectivity index (χ0v) is 14.6. The highest BCUT2D eigenvalue weighted by Crippen LogP contribution is 2.36. The summed E-state index contributed by atoms with van der Waals surface area (Å²) in [6.07, 6.45) is 0. The van der Waals surface area contributed by atoms with Gasteiger partial charge in [-0.15, -0.1) is 0 Å². The highest BCUT2D eigenvalue weighted by Gasteiger charge is 2.34. The Kier molecular flexibility index (Phi) is 4.26. The van der Waals surface area contributed by atoms with Crippen LogP contribution in [0.3, 0.4) is 0 Å². The van der Waals surface area contributed by atoms with Gasteiger partial charge in [0.2, 0.25) is 5.37 Å². The number of nitrogens with zero attached hydrogens (tertiary/aromatic N) is 4. The van der Waals surface area contributed by atoms with Gasteiger partial charge in [-0.3, -0.25) is 9.36 Å². The maximum atomic E-state index is 12.6. The number of hydrogen-bond donors (Lipinski definition) is 0. The lowest BCUT2D eigenvalue weighted by atomic mass is 10.2. The Morgan fingerprint density at radius 1 is 1.23 bits per heavy atom. The van der Waals surface area contributed by atoms with E-state index in [-0.39, 0.29) is 11.9 Å². The first kappa shape index (κ1) is 16.5. The zero-order chi connectivity index (χ0) is 18.1. The van der Waals surface area contributed by atoms with Crippen molar-refractivity contribution in [2.45, 2.75) is 17.5 Å². The Hall–Kier alpha value is -3.00. The van der Waals surface area contributed by atoms with E-state index in [4.69, 9.17) is 4.74 Å². The molecule has 8 heteroatoms. The molecular formula is C18H14N4O3S. The molecule has 0 saturated heterocycles. The summed E-state index contributed by atoms with van der Waals surface area (Å²) in [5.74, 6) is -0.541. The lowest BCUT2D eigenvalue weighted by molar-refractivity contribution is 0.0526. The van der Waals surface area contributed by atoms with Crippen LogP contribution in [0.15, 0.2) is 63.9 Å². The quantitative estimate of drug-likeness (QED) is 0.513. The minimum Gasteiger partial charge on any atom is -0.462 e. The van der Waals surface area contributed by atoms with E-state index in [1.165, 1.54) is 11.8 Å². The summed E-state index contributed by atoms with van der Waals surface area (Å²) >= 11 is 1.27. The van der Waals surface area contributed by atoms with Gasteiger partial charge in [0.25, 0.3) is 5.91 Å². The SMILES string of the molecule is CCOC(=O)c1ccc(N=NC2Sc3nc4ccccc4n3C2=O)cc1. The van der Waals surface area contributed by atoms with Gasteiger partial charge in [-0.2, -0.15) is 10.2 Å². The van der Waals surface area contributed by atoms with Crippen molar-refractivity contribution in [1.29, 1.82) is 0 Å². The minimum atomic E-state index is -0.660. The monoisotopic (exact) mass is 366 g/mol. The number of thioether (sulfide) groups is 1. The molecule has 3 aromatic rings. The van der Waals surface area contributed by atoms with Crippen molar-refractivity contribution in [3.63, 3.8) is 0 Å². The molecule has 0 bridgehead atoms. The lowest BCUT2D eigenvalue weighted by Gasteiger charge is -2.02. The van der Waals surface area contributed by atoms with Gasteiger partial charge in [0.1, 0.15) is 0 Å². The van der Waals surface area contributed by atoms with Gasteiger partial charge in [0, 0.05) is 0 Å². The Morgan fingerprint density at radius 3 is 2.77 bits per heavy atom. The fourth-order valence-corrected chi connectivity index (χ4v) is 3.57. The molecular weight excluding hydrogens is 352 g/mol. The average Bonchev–Trinajstić information content (AvgIpc) is 3.17. The third-order valence-electron chi connectivity index (χ3n) is 3.84. The van der Waals surface area contributed by atoms with Crippen LogP contribution in [0.5, 0.6) is 0 Å². The third-order valence-corrected chi connectivity index (χ3v) is 4.84. The van der Waals surface area contributed by atoms with Crippen molar-refractivity contribution in [2.24, 2.45) is 10.2 Å². The molecule has 0 amide bonds. The number of imidazole rings is 1. The van der Waals surface area contributed by atoms with E-state index >= 15 is 0 Å². The molecule has 7 nitrogen and oxygen atoms in total. The van der Waals surface area contributed by atoms with Crippen molar-refractivity contribution in [3.05, 3.63) is 54.1 Å². The van der Waals surface area contributed by atoms with Crippen LogP contribution in [-0.4, -0.2) is 33.4 Å². The molecule has 1 aromatic heterocycles. The second-order valence-corrected chi connectivity index (χ2v) is 6.56. The van der Waals surface area contributed by atoms with E-state index < -0.39 is 5.37 Å². The van der Waals surface area contributed by atoms with Crippen LogP contribution in [0.2, 0.25) is 0 Å². The first-order valence-electron chi connectivity index (χ1n) is 8.04. The first-order chi connectivity index (χ1) is 12.7. The smallest absolute Gasteiger partial charge is 0.338 e. The number of fused-ring (bicyclic) bond motifs is 3. The summed E-state index contributed by atoms with van der Waals surface area (Å²) in [6.45, 7) is 2.08. The predicted molar refractivity (Wildman–Crippen MR) is 96.9 cm³/mol. The van der Waals surface area contributed by atoms with Gasteiger partial charge in [0.05, 0.1) is 28.9 Å².